The molecule has 72 valence electrons. The molecule has 0 aliphatic heterocycles. The van der Waals surface area contributed by atoms with Gasteiger partial charge in [-0.1, -0.05) is 0 Å². The SMILES string of the molecule is CC(C)OCCOCCC(N)=O. The van der Waals surface area contributed by atoms with Gasteiger partial charge in [-0.2, -0.15) is 0 Å². The lowest BCUT2D eigenvalue weighted by atomic mass is 10.4. The topological polar surface area (TPSA) is 61.6 Å². The average Bonchev–Trinajstić information content (AvgIpc) is 1.95. The summed E-state index contributed by atoms with van der Waals surface area (Å²) in [5.74, 6) is -0.334. The molecular weight excluding hydrogens is 158 g/mol. The van der Waals surface area contributed by atoms with Crippen LogP contribution in [0.5, 0.6) is 0 Å². The van der Waals surface area contributed by atoms with Gasteiger partial charge < -0.3 is 15.2 Å². The second-order valence-electron chi connectivity index (χ2n) is 2.75. The molecule has 0 rings (SSSR count). The van der Waals surface area contributed by atoms with E-state index >= 15 is 0 Å². The van der Waals surface area contributed by atoms with E-state index in [2.05, 4.69) is 0 Å². The van der Waals surface area contributed by atoms with E-state index < -0.39 is 0 Å². The third kappa shape index (κ3) is 9.39. The Hall–Kier alpha value is -0.610. The van der Waals surface area contributed by atoms with Gasteiger partial charge in [-0.3, -0.25) is 4.79 Å². The molecule has 0 aromatic rings. The van der Waals surface area contributed by atoms with Gasteiger partial charge in [0.2, 0.25) is 5.91 Å². The fourth-order valence-corrected chi connectivity index (χ4v) is 0.618. The van der Waals surface area contributed by atoms with Crippen LogP contribution in [0.2, 0.25) is 0 Å². The Morgan fingerprint density at radius 2 is 2.00 bits per heavy atom. The third-order valence-corrected chi connectivity index (χ3v) is 1.17. The van der Waals surface area contributed by atoms with E-state index in [1.165, 1.54) is 0 Å². The zero-order chi connectivity index (χ0) is 9.40. The monoisotopic (exact) mass is 175 g/mol. The van der Waals surface area contributed by atoms with Gasteiger partial charge in [0.25, 0.3) is 0 Å². The molecule has 0 spiro atoms. The van der Waals surface area contributed by atoms with Crippen LogP contribution in [0.3, 0.4) is 0 Å². The lowest BCUT2D eigenvalue weighted by Crippen LogP contribution is -2.15. The molecule has 0 atom stereocenters. The van der Waals surface area contributed by atoms with Crippen molar-refractivity contribution in [2.75, 3.05) is 19.8 Å². The fourth-order valence-electron chi connectivity index (χ4n) is 0.618. The molecular formula is C8H17NO3. The molecule has 0 bridgehead atoms. The minimum Gasteiger partial charge on any atom is -0.379 e. The maximum atomic E-state index is 10.3. The number of hydrogen-bond donors (Lipinski definition) is 1. The van der Waals surface area contributed by atoms with Gasteiger partial charge in [-0.25, -0.2) is 0 Å². The van der Waals surface area contributed by atoms with Crippen LogP contribution in [0, 0.1) is 0 Å². The van der Waals surface area contributed by atoms with Crippen LogP contribution in [0.1, 0.15) is 20.3 Å². The first-order valence-corrected chi connectivity index (χ1v) is 4.10. The van der Waals surface area contributed by atoms with Crippen molar-refractivity contribution in [3.8, 4) is 0 Å². The number of amides is 1. The molecule has 0 aliphatic rings. The van der Waals surface area contributed by atoms with Crippen LogP contribution in [0.25, 0.3) is 0 Å². The summed E-state index contributed by atoms with van der Waals surface area (Å²) in [6.45, 7) is 5.39. The van der Waals surface area contributed by atoms with Crippen LogP contribution >= 0.6 is 0 Å². The summed E-state index contributed by atoms with van der Waals surface area (Å²) in [7, 11) is 0. The fraction of sp³-hybridized carbons (Fsp3) is 0.875. The predicted octanol–water partition coefficient (Wildman–Crippen LogP) is 0.303. The molecule has 1 amide bonds. The van der Waals surface area contributed by atoms with Gasteiger partial charge in [-0.15, -0.1) is 0 Å². The van der Waals surface area contributed by atoms with Gasteiger partial charge >= 0.3 is 0 Å². The number of ether oxygens (including phenoxy) is 2. The van der Waals surface area contributed by atoms with Crippen molar-refractivity contribution in [2.24, 2.45) is 5.73 Å². The molecule has 0 saturated heterocycles. The standard InChI is InChI=1S/C8H17NO3/c1-7(2)12-6-5-11-4-3-8(9)10/h7H,3-6H2,1-2H3,(H2,9,10). The van der Waals surface area contributed by atoms with Crippen molar-refractivity contribution in [1.29, 1.82) is 0 Å². The Morgan fingerprint density at radius 3 is 2.50 bits per heavy atom. The highest BCUT2D eigenvalue weighted by molar-refractivity contribution is 5.73. The summed E-state index contributed by atoms with van der Waals surface area (Å²) in [5, 5.41) is 0. The van der Waals surface area contributed by atoms with E-state index in [-0.39, 0.29) is 18.4 Å². The first kappa shape index (κ1) is 11.4. The molecule has 0 heterocycles. The smallest absolute Gasteiger partial charge is 0.219 e. The zero-order valence-electron chi connectivity index (χ0n) is 7.71. The van der Waals surface area contributed by atoms with Crippen molar-refractivity contribution in [3.05, 3.63) is 0 Å². The quantitative estimate of drug-likeness (QED) is 0.566. The highest BCUT2D eigenvalue weighted by Crippen LogP contribution is 1.88. The molecule has 0 aromatic carbocycles. The van der Waals surface area contributed by atoms with E-state index in [4.69, 9.17) is 15.2 Å². The molecule has 0 fully saturated rings. The normalized spacial score (nSPS) is 10.6. The predicted molar refractivity (Wildman–Crippen MR) is 45.7 cm³/mol. The molecule has 2 N–H and O–H groups in total. The van der Waals surface area contributed by atoms with Crippen molar-refractivity contribution in [1.82, 2.24) is 0 Å². The van der Waals surface area contributed by atoms with E-state index in [0.29, 0.717) is 19.8 Å². The van der Waals surface area contributed by atoms with Crippen LogP contribution in [-0.2, 0) is 14.3 Å². The summed E-state index contributed by atoms with van der Waals surface area (Å²) in [6.07, 6.45) is 0.506. The summed E-state index contributed by atoms with van der Waals surface area (Å²) >= 11 is 0. The van der Waals surface area contributed by atoms with Crippen LogP contribution < -0.4 is 5.73 Å². The Morgan fingerprint density at radius 1 is 1.33 bits per heavy atom. The van der Waals surface area contributed by atoms with Gasteiger partial charge in [0, 0.05) is 6.42 Å². The highest BCUT2D eigenvalue weighted by atomic mass is 16.5. The van der Waals surface area contributed by atoms with Crippen molar-refractivity contribution < 1.29 is 14.3 Å². The van der Waals surface area contributed by atoms with E-state index in [0.717, 1.165) is 0 Å². The first-order chi connectivity index (χ1) is 5.63. The minimum absolute atomic E-state index is 0.227. The number of carbonyl (C=O) groups excluding carboxylic acids is 1. The average molecular weight is 175 g/mol. The number of rotatable bonds is 7. The van der Waals surface area contributed by atoms with E-state index in [1.54, 1.807) is 0 Å². The molecule has 0 radical (unpaired) electrons. The van der Waals surface area contributed by atoms with Crippen LogP contribution in [-0.4, -0.2) is 31.8 Å². The molecule has 0 saturated carbocycles. The number of carbonyl (C=O) groups is 1. The minimum atomic E-state index is -0.334. The maximum Gasteiger partial charge on any atom is 0.219 e. The summed E-state index contributed by atoms with van der Waals surface area (Å²) in [5.41, 5.74) is 4.91. The first-order valence-electron chi connectivity index (χ1n) is 4.10. The number of primary amides is 1. The second-order valence-corrected chi connectivity index (χ2v) is 2.75. The number of nitrogens with two attached hydrogens (primary N) is 1. The van der Waals surface area contributed by atoms with Gasteiger partial charge in [-0.05, 0) is 13.8 Å². The molecule has 0 aromatic heterocycles. The highest BCUT2D eigenvalue weighted by Gasteiger charge is 1.95. The van der Waals surface area contributed by atoms with Crippen LogP contribution in [0.15, 0.2) is 0 Å². The van der Waals surface area contributed by atoms with Crippen molar-refractivity contribution >= 4 is 5.91 Å². The van der Waals surface area contributed by atoms with Crippen molar-refractivity contribution in [3.63, 3.8) is 0 Å². The van der Waals surface area contributed by atoms with E-state index in [1.807, 2.05) is 13.8 Å². The third-order valence-electron chi connectivity index (χ3n) is 1.17. The second kappa shape index (κ2) is 7.06. The Kier molecular flexibility index (Phi) is 6.70. The lowest BCUT2D eigenvalue weighted by Gasteiger charge is -2.07. The maximum absolute atomic E-state index is 10.3. The molecule has 4 nitrogen and oxygen atoms in total. The molecule has 4 heteroatoms. The van der Waals surface area contributed by atoms with Crippen LogP contribution in [0.4, 0.5) is 0 Å². The Labute approximate surface area is 73.0 Å². The van der Waals surface area contributed by atoms with Gasteiger partial charge in [0.15, 0.2) is 0 Å². The summed E-state index contributed by atoms with van der Waals surface area (Å²) in [4.78, 5) is 10.3. The molecule has 12 heavy (non-hydrogen) atoms. The summed E-state index contributed by atoms with van der Waals surface area (Å²) in [6, 6.07) is 0. The largest absolute Gasteiger partial charge is 0.379 e. The van der Waals surface area contributed by atoms with Gasteiger partial charge in [0.05, 0.1) is 25.9 Å². The Bertz CT molecular complexity index is 125. The lowest BCUT2D eigenvalue weighted by molar-refractivity contribution is -0.119. The Balaban J connectivity index is 2.96. The van der Waals surface area contributed by atoms with Crippen molar-refractivity contribution in [2.45, 2.75) is 26.4 Å². The zero-order valence-corrected chi connectivity index (χ0v) is 7.71. The van der Waals surface area contributed by atoms with E-state index in [9.17, 15) is 4.79 Å². The van der Waals surface area contributed by atoms with Gasteiger partial charge in [0.1, 0.15) is 0 Å². The number of hydrogen-bond acceptors (Lipinski definition) is 3. The summed E-state index contributed by atoms with van der Waals surface area (Å²) < 4.78 is 10.3. The molecule has 0 unspecified atom stereocenters. The molecule has 0 aliphatic carbocycles.